The number of para-hydroxylation sites is 1. The molecule has 2 rings (SSSR count). The SMILES string of the molecule is OC1C=Cc2ccccc2N=C1. The predicted octanol–water partition coefficient (Wildman–Crippen LogP) is 1.78. The lowest BCUT2D eigenvalue weighted by atomic mass is 10.2. The summed E-state index contributed by atoms with van der Waals surface area (Å²) in [6, 6.07) is 7.79. The van der Waals surface area contributed by atoms with Crippen LogP contribution in [0.1, 0.15) is 5.56 Å². The summed E-state index contributed by atoms with van der Waals surface area (Å²) in [4.78, 5) is 4.13. The van der Waals surface area contributed by atoms with Gasteiger partial charge in [-0.05, 0) is 11.6 Å². The number of rotatable bonds is 0. The molecule has 12 heavy (non-hydrogen) atoms. The van der Waals surface area contributed by atoms with Gasteiger partial charge in [-0.1, -0.05) is 30.4 Å². The first kappa shape index (κ1) is 7.25. The van der Waals surface area contributed by atoms with Crippen LogP contribution in [0, 0.1) is 0 Å². The summed E-state index contributed by atoms with van der Waals surface area (Å²) in [5.41, 5.74) is 1.95. The lowest BCUT2D eigenvalue weighted by Crippen LogP contribution is -2.00. The van der Waals surface area contributed by atoms with Gasteiger partial charge in [0, 0.05) is 6.21 Å². The normalized spacial score (nSPS) is 20.2. The van der Waals surface area contributed by atoms with E-state index in [2.05, 4.69) is 4.99 Å². The molecular weight excluding hydrogens is 150 g/mol. The first-order chi connectivity index (χ1) is 5.86. The maximum atomic E-state index is 9.23. The Hall–Kier alpha value is -1.41. The summed E-state index contributed by atoms with van der Waals surface area (Å²) in [5.74, 6) is 0. The van der Waals surface area contributed by atoms with Crippen LogP contribution in [0.2, 0.25) is 0 Å². The number of fused-ring (bicyclic) bond motifs is 1. The molecule has 0 aliphatic carbocycles. The smallest absolute Gasteiger partial charge is 0.108 e. The number of aliphatic hydroxyl groups excluding tert-OH is 1. The van der Waals surface area contributed by atoms with Crippen molar-refractivity contribution >= 4 is 18.0 Å². The third-order valence-corrected chi connectivity index (χ3v) is 1.78. The average Bonchev–Trinajstić information content (AvgIpc) is 2.29. The zero-order valence-corrected chi connectivity index (χ0v) is 6.51. The fraction of sp³-hybridized carbons (Fsp3) is 0.100. The average molecular weight is 159 g/mol. The molecule has 1 atom stereocenters. The quantitative estimate of drug-likeness (QED) is 0.614. The van der Waals surface area contributed by atoms with E-state index in [-0.39, 0.29) is 0 Å². The minimum absolute atomic E-state index is 0.558. The van der Waals surface area contributed by atoms with Crippen molar-refractivity contribution in [1.82, 2.24) is 0 Å². The molecule has 0 radical (unpaired) electrons. The Morgan fingerprint density at radius 2 is 2.08 bits per heavy atom. The Morgan fingerprint density at radius 1 is 1.25 bits per heavy atom. The van der Waals surface area contributed by atoms with Crippen LogP contribution in [0.3, 0.4) is 0 Å². The Balaban J connectivity index is 2.52. The first-order valence-corrected chi connectivity index (χ1v) is 3.86. The Kier molecular flexibility index (Phi) is 1.76. The molecule has 0 spiro atoms. The highest BCUT2D eigenvalue weighted by atomic mass is 16.3. The second kappa shape index (κ2) is 2.91. The number of aliphatic imine (C=N–C) groups is 1. The molecule has 1 aromatic rings. The van der Waals surface area contributed by atoms with E-state index in [1.54, 1.807) is 6.08 Å². The third-order valence-electron chi connectivity index (χ3n) is 1.78. The maximum absolute atomic E-state index is 9.23. The monoisotopic (exact) mass is 159 g/mol. The Bertz CT molecular complexity index is 308. The number of nitrogens with zero attached hydrogens (tertiary/aromatic N) is 1. The molecule has 1 N–H and O–H groups in total. The lowest BCUT2D eigenvalue weighted by Gasteiger charge is -1.95. The van der Waals surface area contributed by atoms with Gasteiger partial charge in [-0.25, -0.2) is 0 Å². The molecule has 0 amide bonds. The molecule has 0 bridgehead atoms. The summed E-state index contributed by atoms with van der Waals surface area (Å²) in [6.07, 6.45) is 4.57. The van der Waals surface area contributed by atoms with Gasteiger partial charge in [-0.15, -0.1) is 0 Å². The van der Waals surface area contributed by atoms with Gasteiger partial charge < -0.3 is 5.11 Å². The summed E-state index contributed by atoms with van der Waals surface area (Å²) < 4.78 is 0. The Labute approximate surface area is 70.9 Å². The third kappa shape index (κ3) is 1.29. The summed E-state index contributed by atoms with van der Waals surface area (Å²) in [7, 11) is 0. The van der Waals surface area contributed by atoms with Crippen LogP contribution in [0.5, 0.6) is 0 Å². The summed E-state index contributed by atoms with van der Waals surface area (Å²) >= 11 is 0. The van der Waals surface area contributed by atoms with Crippen LogP contribution < -0.4 is 0 Å². The fourth-order valence-electron chi connectivity index (χ4n) is 1.15. The van der Waals surface area contributed by atoms with Crippen LogP contribution in [-0.4, -0.2) is 17.4 Å². The van der Waals surface area contributed by atoms with E-state index in [1.807, 2.05) is 30.3 Å². The van der Waals surface area contributed by atoms with Crippen LogP contribution in [0.15, 0.2) is 35.3 Å². The molecule has 1 unspecified atom stereocenters. The number of benzene rings is 1. The van der Waals surface area contributed by atoms with E-state index in [1.165, 1.54) is 6.21 Å². The number of aliphatic hydroxyl groups is 1. The highest BCUT2D eigenvalue weighted by Crippen LogP contribution is 2.21. The van der Waals surface area contributed by atoms with E-state index in [4.69, 9.17) is 0 Å². The van der Waals surface area contributed by atoms with Crippen molar-refractivity contribution in [3.63, 3.8) is 0 Å². The van der Waals surface area contributed by atoms with Gasteiger partial charge in [0.15, 0.2) is 0 Å². The highest BCUT2D eigenvalue weighted by Gasteiger charge is 2.01. The van der Waals surface area contributed by atoms with Crippen molar-refractivity contribution in [2.75, 3.05) is 0 Å². The van der Waals surface area contributed by atoms with Crippen molar-refractivity contribution in [2.45, 2.75) is 6.10 Å². The largest absolute Gasteiger partial charge is 0.383 e. The van der Waals surface area contributed by atoms with Crippen molar-refractivity contribution in [3.05, 3.63) is 35.9 Å². The molecule has 60 valence electrons. The van der Waals surface area contributed by atoms with Gasteiger partial charge in [0.2, 0.25) is 0 Å². The zero-order valence-electron chi connectivity index (χ0n) is 6.51. The summed E-state index contributed by atoms with van der Waals surface area (Å²) in [6.45, 7) is 0. The molecule has 0 saturated heterocycles. The Morgan fingerprint density at radius 3 is 3.00 bits per heavy atom. The van der Waals surface area contributed by atoms with Gasteiger partial charge in [-0.3, -0.25) is 4.99 Å². The van der Waals surface area contributed by atoms with Crippen molar-refractivity contribution in [2.24, 2.45) is 4.99 Å². The first-order valence-electron chi connectivity index (χ1n) is 3.86. The van der Waals surface area contributed by atoms with Gasteiger partial charge in [0.25, 0.3) is 0 Å². The maximum Gasteiger partial charge on any atom is 0.108 e. The van der Waals surface area contributed by atoms with Crippen molar-refractivity contribution < 1.29 is 5.11 Å². The molecule has 1 aliphatic rings. The molecule has 0 fully saturated rings. The van der Waals surface area contributed by atoms with E-state index in [0.717, 1.165) is 11.3 Å². The molecule has 1 aromatic carbocycles. The van der Waals surface area contributed by atoms with E-state index >= 15 is 0 Å². The molecule has 1 aliphatic heterocycles. The van der Waals surface area contributed by atoms with Gasteiger partial charge in [0.05, 0.1) is 5.69 Å². The van der Waals surface area contributed by atoms with Crippen LogP contribution >= 0.6 is 0 Å². The molecule has 0 saturated carbocycles. The standard InChI is InChI=1S/C10H9NO/c12-9-6-5-8-3-1-2-4-10(8)11-7-9/h1-7,9,12H. The second-order valence-corrected chi connectivity index (χ2v) is 2.69. The highest BCUT2D eigenvalue weighted by molar-refractivity contribution is 5.78. The number of hydrogen-bond donors (Lipinski definition) is 1. The van der Waals surface area contributed by atoms with Crippen LogP contribution in [0.4, 0.5) is 5.69 Å². The zero-order chi connectivity index (χ0) is 8.39. The van der Waals surface area contributed by atoms with Gasteiger partial charge in [0.1, 0.15) is 6.10 Å². The predicted molar refractivity (Wildman–Crippen MR) is 49.6 cm³/mol. The molecular formula is C10H9NO. The minimum Gasteiger partial charge on any atom is -0.383 e. The van der Waals surface area contributed by atoms with Crippen molar-refractivity contribution in [3.8, 4) is 0 Å². The van der Waals surface area contributed by atoms with E-state index in [9.17, 15) is 5.11 Å². The van der Waals surface area contributed by atoms with Crippen molar-refractivity contribution in [1.29, 1.82) is 0 Å². The van der Waals surface area contributed by atoms with Crippen LogP contribution in [0.25, 0.3) is 6.08 Å². The van der Waals surface area contributed by atoms with Crippen LogP contribution in [-0.2, 0) is 0 Å². The molecule has 2 heteroatoms. The molecule has 0 aromatic heterocycles. The fourth-order valence-corrected chi connectivity index (χ4v) is 1.15. The van der Waals surface area contributed by atoms with E-state index < -0.39 is 6.10 Å². The summed E-state index contributed by atoms with van der Waals surface area (Å²) in [5, 5.41) is 9.23. The number of hydrogen-bond acceptors (Lipinski definition) is 2. The molecule has 1 heterocycles. The minimum atomic E-state index is -0.558. The topological polar surface area (TPSA) is 32.6 Å². The lowest BCUT2D eigenvalue weighted by molar-refractivity contribution is 0.295. The van der Waals surface area contributed by atoms with Gasteiger partial charge >= 0.3 is 0 Å². The van der Waals surface area contributed by atoms with Gasteiger partial charge in [-0.2, -0.15) is 0 Å². The van der Waals surface area contributed by atoms with E-state index in [0.29, 0.717) is 0 Å². The molecule has 2 nitrogen and oxygen atoms in total. The second-order valence-electron chi connectivity index (χ2n) is 2.69.